The topological polar surface area (TPSA) is 42.3 Å². The molecular weight excluding hydrogens is 404 g/mol. The van der Waals surface area contributed by atoms with Gasteiger partial charge in [-0.1, -0.05) is 48.9 Å². The molecule has 1 aliphatic rings. The molecule has 1 saturated heterocycles. The van der Waals surface area contributed by atoms with E-state index < -0.39 is 0 Å². The summed E-state index contributed by atoms with van der Waals surface area (Å²) < 4.78 is 2.24. The van der Waals surface area contributed by atoms with E-state index in [9.17, 15) is 9.59 Å². The molecule has 2 heterocycles. The molecule has 1 aromatic heterocycles. The maximum atomic E-state index is 12.9. The van der Waals surface area contributed by atoms with Crippen LogP contribution in [-0.2, 0) is 11.3 Å². The van der Waals surface area contributed by atoms with Gasteiger partial charge in [-0.3, -0.25) is 14.5 Å². The number of halogens is 1. The number of benzene rings is 2. The van der Waals surface area contributed by atoms with Gasteiger partial charge >= 0.3 is 0 Å². The maximum absolute atomic E-state index is 12.9. The third kappa shape index (κ3) is 3.85. The number of thioether (sulfide) groups is 1. The van der Waals surface area contributed by atoms with Crippen LogP contribution in [0.4, 0.5) is 4.79 Å². The van der Waals surface area contributed by atoms with Gasteiger partial charge in [-0.15, -0.1) is 0 Å². The van der Waals surface area contributed by atoms with Gasteiger partial charge in [0.2, 0.25) is 0 Å². The van der Waals surface area contributed by atoms with Gasteiger partial charge in [0.15, 0.2) is 0 Å². The summed E-state index contributed by atoms with van der Waals surface area (Å²) in [5, 5.41) is 1.46. The molecule has 2 amide bonds. The Balaban J connectivity index is 1.66. The molecule has 1 atom stereocenters. The second kappa shape index (κ2) is 8.09. The number of aromatic nitrogens is 1. The third-order valence-corrected chi connectivity index (χ3v) is 6.41. The fraction of sp³-hybridized carbons (Fsp3) is 0.217. The number of carbonyl (C=O) groups is 2. The minimum absolute atomic E-state index is 0.244. The fourth-order valence-electron chi connectivity index (χ4n) is 3.46. The number of nitrogens with zero attached hydrogens (tertiary/aromatic N) is 2. The van der Waals surface area contributed by atoms with Crippen LogP contribution in [0.1, 0.15) is 37.4 Å². The summed E-state index contributed by atoms with van der Waals surface area (Å²) in [6.45, 7) is 4.57. The highest BCUT2D eigenvalue weighted by atomic mass is 35.5. The van der Waals surface area contributed by atoms with E-state index in [2.05, 4.69) is 36.7 Å². The molecule has 0 radical (unpaired) electrons. The highest BCUT2D eigenvalue weighted by molar-refractivity contribution is 8.18. The molecule has 0 N–H and O–H groups in total. The number of rotatable bonds is 5. The molecule has 0 unspecified atom stereocenters. The standard InChI is InChI=1S/C23H21ClN2O2S/c1-3-15(2)25-14-17(19-6-4-5-7-20(19)25)12-21-22(27)26(23(28)29-21)13-16-8-10-18(24)11-9-16/h4-12,14-15H,3,13H2,1-2H3/b21-12+/t15-/m1/s1. The first kappa shape index (κ1) is 19.8. The Morgan fingerprint density at radius 2 is 1.83 bits per heavy atom. The normalized spacial score (nSPS) is 16.9. The Morgan fingerprint density at radius 3 is 2.55 bits per heavy atom. The highest BCUT2D eigenvalue weighted by Crippen LogP contribution is 2.35. The van der Waals surface area contributed by atoms with Crippen LogP contribution in [0.3, 0.4) is 0 Å². The molecule has 148 valence electrons. The average Bonchev–Trinajstić information content (AvgIpc) is 3.22. The van der Waals surface area contributed by atoms with Gasteiger partial charge in [0.05, 0.1) is 11.4 Å². The Hall–Kier alpha value is -2.50. The van der Waals surface area contributed by atoms with Gasteiger partial charge in [0.25, 0.3) is 11.1 Å². The quantitative estimate of drug-likeness (QED) is 0.439. The molecule has 6 heteroatoms. The molecule has 1 aliphatic heterocycles. The zero-order chi connectivity index (χ0) is 20.5. The van der Waals surface area contributed by atoms with Crippen LogP contribution in [0.15, 0.2) is 59.6 Å². The van der Waals surface area contributed by atoms with Crippen molar-refractivity contribution in [3.63, 3.8) is 0 Å². The van der Waals surface area contributed by atoms with Gasteiger partial charge in [-0.05, 0) is 54.9 Å². The van der Waals surface area contributed by atoms with Crippen molar-refractivity contribution in [1.29, 1.82) is 0 Å². The average molecular weight is 425 g/mol. The van der Waals surface area contributed by atoms with Crippen LogP contribution in [0, 0.1) is 0 Å². The fourth-order valence-corrected chi connectivity index (χ4v) is 4.41. The minimum atomic E-state index is -0.254. The summed E-state index contributed by atoms with van der Waals surface area (Å²) in [6.07, 6.45) is 4.93. The zero-order valence-electron chi connectivity index (χ0n) is 16.3. The molecule has 2 aromatic carbocycles. The molecule has 0 spiro atoms. The Morgan fingerprint density at radius 1 is 1.10 bits per heavy atom. The highest BCUT2D eigenvalue weighted by Gasteiger charge is 2.35. The summed E-state index contributed by atoms with van der Waals surface area (Å²) in [6, 6.07) is 15.7. The first-order valence-electron chi connectivity index (χ1n) is 9.57. The Bertz CT molecular complexity index is 1120. The molecule has 0 aliphatic carbocycles. The van der Waals surface area contributed by atoms with Gasteiger partial charge < -0.3 is 4.57 Å². The molecule has 4 nitrogen and oxygen atoms in total. The predicted molar refractivity (Wildman–Crippen MR) is 120 cm³/mol. The molecule has 1 fully saturated rings. The lowest BCUT2D eigenvalue weighted by Gasteiger charge is -2.12. The molecule has 3 aromatic rings. The lowest BCUT2D eigenvalue weighted by atomic mass is 10.1. The maximum Gasteiger partial charge on any atom is 0.293 e. The summed E-state index contributed by atoms with van der Waals surface area (Å²) in [7, 11) is 0. The van der Waals surface area contributed by atoms with Crippen LogP contribution in [0.5, 0.6) is 0 Å². The minimum Gasteiger partial charge on any atom is -0.344 e. The van der Waals surface area contributed by atoms with E-state index in [0.29, 0.717) is 16.0 Å². The monoisotopic (exact) mass is 424 g/mol. The molecular formula is C23H21ClN2O2S. The van der Waals surface area contributed by atoms with Crippen molar-refractivity contribution in [2.75, 3.05) is 0 Å². The summed E-state index contributed by atoms with van der Waals surface area (Å²) in [5.74, 6) is -0.254. The Labute approximate surface area is 179 Å². The number of carbonyl (C=O) groups excluding carboxylic acids is 2. The van der Waals surface area contributed by atoms with Crippen LogP contribution in [0.2, 0.25) is 5.02 Å². The third-order valence-electron chi connectivity index (χ3n) is 5.25. The number of hydrogen-bond acceptors (Lipinski definition) is 3. The first-order valence-corrected chi connectivity index (χ1v) is 10.8. The van der Waals surface area contributed by atoms with Gasteiger partial charge in [0, 0.05) is 33.7 Å². The van der Waals surface area contributed by atoms with E-state index in [1.54, 1.807) is 12.1 Å². The number of fused-ring (bicyclic) bond motifs is 1. The SMILES string of the molecule is CC[C@@H](C)n1cc(/C=C2/SC(=O)N(Cc3ccc(Cl)cc3)C2=O)c2ccccc21. The van der Waals surface area contributed by atoms with Crippen molar-refractivity contribution in [2.45, 2.75) is 32.9 Å². The van der Waals surface area contributed by atoms with Gasteiger partial charge in [-0.25, -0.2) is 0 Å². The molecule has 4 rings (SSSR count). The van der Waals surface area contributed by atoms with Gasteiger partial charge in [0.1, 0.15) is 0 Å². The first-order chi connectivity index (χ1) is 14.0. The van der Waals surface area contributed by atoms with Crippen LogP contribution < -0.4 is 0 Å². The number of hydrogen-bond donors (Lipinski definition) is 0. The van der Waals surface area contributed by atoms with Crippen molar-refractivity contribution in [3.05, 3.63) is 75.8 Å². The number of imide groups is 1. The van der Waals surface area contributed by atoms with Crippen LogP contribution in [0.25, 0.3) is 17.0 Å². The largest absolute Gasteiger partial charge is 0.344 e. The smallest absolute Gasteiger partial charge is 0.293 e. The summed E-state index contributed by atoms with van der Waals surface area (Å²) in [4.78, 5) is 27.1. The Kier molecular flexibility index (Phi) is 5.52. The molecule has 0 saturated carbocycles. The van der Waals surface area contributed by atoms with E-state index in [0.717, 1.165) is 40.2 Å². The van der Waals surface area contributed by atoms with E-state index in [4.69, 9.17) is 11.6 Å². The second-order valence-electron chi connectivity index (χ2n) is 7.16. The van der Waals surface area contributed by atoms with E-state index in [1.807, 2.05) is 30.3 Å². The summed E-state index contributed by atoms with van der Waals surface area (Å²) in [5.41, 5.74) is 2.96. The van der Waals surface area contributed by atoms with Crippen LogP contribution in [-0.4, -0.2) is 20.6 Å². The summed E-state index contributed by atoms with van der Waals surface area (Å²) >= 11 is 6.91. The number of amides is 2. The van der Waals surface area contributed by atoms with Crippen LogP contribution >= 0.6 is 23.4 Å². The van der Waals surface area contributed by atoms with Crippen molar-refractivity contribution >= 4 is 51.5 Å². The van der Waals surface area contributed by atoms with Crippen molar-refractivity contribution < 1.29 is 9.59 Å². The van der Waals surface area contributed by atoms with Crippen molar-refractivity contribution in [3.8, 4) is 0 Å². The zero-order valence-corrected chi connectivity index (χ0v) is 17.8. The van der Waals surface area contributed by atoms with E-state index in [-0.39, 0.29) is 17.7 Å². The molecule has 29 heavy (non-hydrogen) atoms. The predicted octanol–water partition coefficient (Wildman–Crippen LogP) is 6.50. The van der Waals surface area contributed by atoms with Gasteiger partial charge in [-0.2, -0.15) is 0 Å². The lowest BCUT2D eigenvalue weighted by Crippen LogP contribution is -2.27. The molecule has 0 bridgehead atoms. The lowest BCUT2D eigenvalue weighted by molar-refractivity contribution is -0.123. The van der Waals surface area contributed by atoms with E-state index >= 15 is 0 Å². The van der Waals surface area contributed by atoms with Crippen molar-refractivity contribution in [2.24, 2.45) is 0 Å². The second-order valence-corrected chi connectivity index (χ2v) is 8.59. The number of para-hydroxylation sites is 1. The van der Waals surface area contributed by atoms with E-state index in [1.165, 1.54) is 4.90 Å². The van der Waals surface area contributed by atoms with Crippen molar-refractivity contribution in [1.82, 2.24) is 9.47 Å².